The maximum Gasteiger partial charge on any atom is 0.303 e. The standard InChI is InChI=1S/C24H22N2O5/c1-15(31-16(2)27)24(28)25-19-9-6-17(7-10-19)20-4-3-5-21(26-20)18-8-11-22-23(14-18)30-13-12-29-22/h3-11,14-15H,12-13H2,1-2H3,(H,25,28)/t15-/m0/s1. The summed E-state index contributed by atoms with van der Waals surface area (Å²) in [7, 11) is 0. The number of amides is 1. The van der Waals surface area contributed by atoms with Crippen LogP contribution >= 0.6 is 0 Å². The van der Waals surface area contributed by atoms with E-state index in [1.807, 2.05) is 48.5 Å². The highest BCUT2D eigenvalue weighted by molar-refractivity contribution is 5.95. The van der Waals surface area contributed by atoms with Crippen LogP contribution in [0.3, 0.4) is 0 Å². The molecule has 0 fully saturated rings. The van der Waals surface area contributed by atoms with Crippen LogP contribution in [0, 0.1) is 0 Å². The van der Waals surface area contributed by atoms with Gasteiger partial charge in [-0.3, -0.25) is 9.59 Å². The fourth-order valence-corrected chi connectivity index (χ4v) is 3.23. The fourth-order valence-electron chi connectivity index (χ4n) is 3.23. The van der Waals surface area contributed by atoms with E-state index >= 15 is 0 Å². The van der Waals surface area contributed by atoms with Crippen LogP contribution in [0.15, 0.2) is 60.7 Å². The van der Waals surface area contributed by atoms with Gasteiger partial charge < -0.3 is 19.5 Å². The summed E-state index contributed by atoms with van der Waals surface area (Å²) < 4.78 is 16.1. The number of ether oxygens (including phenoxy) is 3. The first-order valence-corrected chi connectivity index (χ1v) is 9.95. The summed E-state index contributed by atoms with van der Waals surface area (Å²) in [6.07, 6.45) is -0.860. The molecule has 1 atom stereocenters. The third-order valence-corrected chi connectivity index (χ3v) is 4.75. The van der Waals surface area contributed by atoms with Crippen LogP contribution in [0.1, 0.15) is 13.8 Å². The minimum absolute atomic E-state index is 0.387. The van der Waals surface area contributed by atoms with Gasteiger partial charge in [0.2, 0.25) is 0 Å². The van der Waals surface area contributed by atoms with Crippen molar-refractivity contribution >= 4 is 17.6 Å². The van der Waals surface area contributed by atoms with Crippen molar-refractivity contribution in [3.8, 4) is 34.0 Å². The van der Waals surface area contributed by atoms with Crippen LogP contribution in [0.2, 0.25) is 0 Å². The van der Waals surface area contributed by atoms with Gasteiger partial charge >= 0.3 is 5.97 Å². The molecular weight excluding hydrogens is 396 g/mol. The average molecular weight is 418 g/mol. The maximum absolute atomic E-state index is 12.1. The Labute approximate surface area is 180 Å². The van der Waals surface area contributed by atoms with Crippen LogP contribution in [-0.2, 0) is 14.3 Å². The Morgan fingerprint density at radius 3 is 2.29 bits per heavy atom. The van der Waals surface area contributed by atoms with Crippen molar-refractivity contribution in [1.29, 1.82) is 0 Å². The number of rotatable bonds is 5. The second kappa shape index (κ2) is 8.87. The SMILES string of the molecule is CC(=O)O[C@@H](C)C(=O)Nc1ccc(-c2cccc(-c3ccc4c(c3)OCCO4)n2)cc1. The lowest BCUT2D eigenvalue weighted by Gasteiger charge is -2.18. The lowest BCUT2D eigenvalue weighted by molar-refractivity contribution is -0.150. The van der Waals surface area contributed by atoms with Gasteiger partial charge in [-0.25, -0.2) is 4.98 Å². The number of carbonyl (C=O) groups is 2. The summed E-state index contributed by atoms with van der Waals surface area (Å²) in [5.41, 5.74) is 4.08. The summed E-state index contributed by atoms with van der Waals surface area (Å²) in [5, 5.41) is 2.73. The molecule has 1 N–H and O–H groups in total. The number of esters is 1. The van der Waals surface area contributed by atoms with Crippen molar-refractivity contribution in [2.45, 2.75) is 20.0 Å². The van der Waals surface area contributed by atoms with E-state index < -0.39 is 12.1 Å². The van der Waals surface area contributed by atoms with Gasteiger partial charge in [0.25, 0.3) is 5.91 Å². The molecule has 2 aromatic carbocycles. The number of benzene rings is 2. The molecule has 0 saturated carbocycles. The smallest absolute Gasteiger partial charge is 0.303 e. The normalized spacial score (nSPS) is 13.2. The Bertz CT molecular complexity index is 1110. The number of hydrogen-bond donors (Lipinski definition) is 1. The molecule has 31 heavy (non-hydrogen) atoms. The Balaban J connectivity index is 1.50. The van der Waals surface area contributed by atoms with Crippen molar-refractivity contribution in [1.82, 2.24) is 4.98 Å². The Kier molecular flexibility index (Phi) is 5.84. The van der Waals surface area contributed by atoms with Gasteiger partial charge in [0.05, 0.1) is 11.4 Å². The van der Waals surface area contributed by atoms with Crippen molar-refractivity contribution in [3.63, 3.8) is 0 Å². The molecule has 0 radical (unpaired) electrons. The molecule has 0 saturated heterocycles. The molecule has 4 rings (SSSR count). The first-order valence-electron chi connectivity index (χ1n) is 9.95. The predicted octanol–water partition coefficient (Wildman–Crippen LogP) is 4.08. The van der Waals surface area contributed by atoms with Gasteiger partial charge in [-0.15, -0.1) is 0 Å². The largest absolute Gasteiger partial charge is 0.486 e. The van der Waals surface area contributed by atoms with E-state index in [4.69, 9.17) is 19.2 Å². The third-order valence-electron chi connectivity index (χ3n) is 4.75. The molecule has 0 unspecified atom stereocenters. The number of pyridine rings is 1. The Morgan fingerprint density at radius 1 is 0.935 bits per heavy atom. The van der Waals surface area contributed by atoms with Crippen molar-refractivity contribution in [2.75, 3.05) is 18.5 Å². The molecular formula is C24H22N2O5. The molecule has 3 aromatic rings. The van der Waals surface area contributed by atoms with E-state index in [-0.39, 0.29) is 5.91 Å². The molecule has 1 aliphatic rings. The van der Waals surface area contributed by atoms with E-state index in [0.29, 0.717) is 18.9 Å². The zero-order chi connectivity index (χ0) is 21.8. The average Bonchev–Trinajstić information content (AvgIpc) is 2.79. The molecule has 2 heterocycles. The summed E-state index contributed by atoms with van der Waals surface area (Å²) in [4.78, 5) is 27.9. The van der Waals surface area contributed by atoms with Crippen LogP contribution in [0.25, 0.3) is 22.5 Å². The maximum atomic E-state index is 12.1. The van der Waals surface area contributed by atoms with Crippen LogP contribution in [0.4, 0.5) is 5.69 Å². The van der Waals surface area contributed by atoms with E-state index in [0.717, 1.165) is 34.0 Å². The first-order chi connectivity index (χ1) is 15.0. The summed E-state index contributed by atoms with van der Waals surface area (Å²) in [5.74, 6) is 0.578. The Morgan fingerprint density at radius 2 is 1.58 bits per heavy atom. The van der Waals surface area contributed by atoms with Crippen molar-refractivity contribution in [2.24, 2.45) is 0 Å². The Hall–Kier alpha value is -3.87. The van der Waals surface area contributed by atoms with Gasteiger partial charge in [-0.2, -0.15) is 0 Å². The number of carbonyl (C=O) groups excluding carboxylic acids is 2. The van der Waals surface area contributed by atoms with E-state index in [2.05, 4.69) is 5.32 Å². The minimum atomic E-state index is -0.860. The molecule has 1 amide bonds. The van der Waals surface area contributed by atoms with Crippen LogP contribution in [0.5, 0.6) is 11.5 Å². The monoisotopic (exact) mass is 418 g/mol. The highest BCUT2D eigenvalue weighted by Crippen LogP contribution is 2.34. The van der Waals surface area contributed by atoms with Gasteiger partial charge in [-0.1, -0.05) is 18.2 Å². The van der Waals surface area contributed by atoms with Crippen molar-refractivity contribution < 1.29 is 23.8 Å². The number of nitrogens with one attached hydrogen (secondary N) is 1. The van der Waals surface area contributed by atoms with E-state index in [9.17, 15) is 9.59 Å². The minimum Gasteiger partial charge on any atom is -0.486 e. The van der Waals surface area contributed by atoms with Crippen molar-refractivity contribution in [3.05, 3.63) is 60.7 Å². The topological polar surface area (TPSA) is 86.8 Å². The second-order valence-corrected chi connectivity index (χ2v) is 7.08. The van der Waals surface area contributed by atoms with Gasteiger partial charge in [0.15, 0.2) is 17.6 Å². The number of hydrogen-bond acceptors (Lipinski definition) is 6. The quantitative estimate of drug-likeness (QED) is 0.629. The second-order valence-electron chi connectivity index (χ2n) is 7.08. The first kappa shape index (κ1) is 20.4. The fraction of sp³-hybridized carbons (Fsp3) is 0.208. The lowest BCUT2D eigenvalue weighted by atomic mass is 10.1. The number of aromatic nitrogens is 1. The molecule has 1 aromatic heterocycles. The molecule has 1 aliphatic heterocycles. The van der Waals surface area contributed by atoms with Gasteiger partial charge in [0, 0.05) is 23.7 Å². The predicted molar refractivity (Wildman–Crippen MR) is 116 cm³/mol. The van der Waals surface area contributed by atoms with E-state index in [1.54, 1.807) is 12.1 Å². The molecule has 158 valence electrons. The molecule has 0 aliphatic carbocycles. The molecule has 0 bridgehead atoms. The zero-order valence-corrected chi connectivity index (χ0v) is 17.3. The number of nitrogens with zero attached hydrogens (tertiary/aromatic N) is 1. The number of anilines is 1. The van der Waals surface area contributed by atoms with Crippen LogP contribution < -0.4 is 14.8 Å². The summed E-state index contributed by atoms with van der Waals surface area (Å²) >= 11 is 0. The lowest BCUT2D eigenvalue weighted by Crippen LogP contribution is -2.29. The zero-order valence-electron chi connectivity index (χ0n) is 17.3. The summed E-state index contributed by atoms with van der Waals surface area (Å²) in [6.45, 7) is 3.88. The van der Waals surface area contributed by atoms with E-state index in [1.165, 1.54) is 13.8 Å². The highest BCUT2D eigenvalue weighted by Gasteiger charge is 2.16. The highest BCUT2D eigenvalue weighted by atomic mass is 16.6. The van der Waals surface area contributed by atoms with Gasteiger partial charge in [0.1, 0.15) is 13.2 Å². The molecule has 7 heteroatoms. The molecule has 0 spiro atoms. The van der Waals surface area contributed by atoms with Crippen LogP contribution in [-0.4, -0.2) is 36.2 Å². The number of fused-ring (bicyclic) bond motifs is 1. The third kappa shape index (κ3) is 4.83. The summed E-state index contributed by atoms with van der Waals surface area (Å²) in [6, 6.07) is 18.9. The van der Waals surface area contributed by atoms with Gasteiger partial charge in [-0.05, 0) is 49.4 Å². The molecule has 7 nitrogen and oxygen atoms in total.